The second kappa shape index (κ2) is 5.22. The minimum Gasteiger partial charge on any atom is -0.319 e. The van der Waals surface area contributed by atoms with E-state index in [1.807, 2.05) is 0 Å². The van der Waals surface area contributed by atoms with Crippen molar-refractivity contribution >= 4 is 27.5 Å². The van der Waals surface area contributed by atoms with Gasteiger partial charge in [-0.05, 0) is 34.1 Å². The minimum absolute atomic E-state index is 0.00177. The van der Waals surface area contributed by atoms with Gasteiger partial charge in [-0.3, -0.25) is 9.78 Å². The van der Waals surface area contributed by atoms with Gasteiger partial charge in [0.1, 0.15) is 11.6 Å². The Balaban J connectivity index is 2.25. The first-order valence-electron chi connectivity index (χ1n) is 4.94. The monoisotopic (exact) mass is 312 g/mol. The first-order valence-corrected chi connectivity index (χ1v) is 5.73. The van der Waals surface area contributed by atoms with Crippen LogP contribution in [-0.2, 0) is 0 Å². The molecule has 18 heavy (non-hydrogen) atoms. The Morgan fingerprint density at radius 3 is 2.50 bits per heavy atom. The molecule has 0 spiro atoms. The zero-order valence-corrected chi connectivity index (χ0v) is 10.5. The Morgan fingerprint density at radius 1 is 1.17 bits per heavy atom. The number of nitrogens with one attached hydrogen (secondary N) is 1. The zero-order chi connectivity index (χ0) is 13.1. The molecule has 6 heteroatoms. The van der Waals surface area contributed by atoms with E-state index < -0.39 is 17.5 Å². The van der Waals surface area contributed by atoms with Crippen molar-refractivity contribution < 1.29 is 13.6 Å². The van der Waals surface area contributed by atoms with Crippen LogP contribution in [0.5, 0.6) is 0 Å². The lowest BCUT2D eigenvalue weighted by atomic mass is 10.2. The molecule has 0 radical (unpaired) electrons. The highest BCUT2D eigenvalue weighted by atomic mass is 79.9. The smallest absolute Gasteiger partial charge is 0.255 e. The number of pyridine rings is 1. The summed E-state index contributed by atoms with van der Waals surface area (Å²) in [6.07, 6.45) is 2.88. The molecule has 3 nitrogen and oxygen atoms in total. The van der Waals surface area contributed by atoms with Gasteiger partial charge in [0, 0.05) is 24.0 Å². The van der Waals surface area contributed by atoms with Gasteiger partial charge in [-0.25, -0.2) is 8.78 Å². The van der Waals surface area contributed by atoms with E-state index in [0.717, 1.165) is 12.1 Å². The summed E-state index contributed by atoms with van der Waals surface area (Å²) in [6, 6.07) is 4.82. The number of halogens is 3. The molecule has 1 heterocycles. The van der Waals surface area contributed by atoms with Gasteiger partial charge in [0.2, 0.25) is 0 Å². The number of aromatic nitrogens is 1. The number of nitrogens with zero attached hydrogens (tertiary/aromatic N) is 1. The number of rotatable bonds is 2. The predicted octanol–water partition coefficient (Wildman–Crippen LogP) is 3.37. The van der Waals surface area contributed by atoms with Gasteiger partial charge in [-0.1, -0.05) is 0 Å². The third-order valence-electron chi connectivity index (χ3n) is 2.20. The molecule has 0 atom stereocenters. The molecular formula is C12H7BrF2N2O. The Kier molecular flexibility index (Phi) is 3.66. The molecule has 92 valence electrons. The summed E-state index contributed by atoms with van der Waals surface area (Å²) in [7, 11) is 0. The number of carbonyl (C=O) groups excluding carboxylic acids is 1. The topological polar surface area (TPSA) is 42.0 Å². The molecule has 1 N–H and O–H groups in total. The Labute approximate surface area is 110 Å². The third-order valence-corrected chi connectivity index (χ3v) is 2.81. The largest absolute Gasteiger partial charge is 0.319 e. The number of hydrogen-bond acceptors (Lipinski definition) is 2. The first-order chi connectivity index (χ1) is 8.58. The van der Waals surface area contributed by atoms with Gasteiger partial charge in [0.25, 0.3) is 5.91 Å². The van der Waals surface area contributed by atoms with Gasteiger partial charge < -0.3 is 5.32 Å². The highest BCUT2D eigenvalue weighted by molar-refractivity contribution is 9.10. The fraction of sp³-hybridized carbons (Fsp3) is 0. The molecule has 0 aliphatic rings. The van der Waals surface area contributed by atoms with Crippen LogP contribution in [0.4, 0.5) is 14.5 Å². The van der Waals surface area contributed by atoms with Gasteiger partial charge in [-0.2, -0.15) is 0 Å². The van der Waals surface area contributed by atoms with Gasteiger partial charge >= 0.3 is 0 Å². The molecule has 1 amide bonds. The summed E-state index contributed by atoms with van der Waals surface area (Å²) in [6.45, 7) is 0. The van der Waals surface area contributed by atoms with Crippen molar-refractivity contribution in [2.45, 2.75) is 0 Å². The highest BCUT2D eigenvalue weighted by Crippen LogP contribution is 2.23. The molecule has 2 aromatic rings. The second-order valence-corrected chi connectivity index (χ2v) is 4.29. The molecule has 0 bridgehead atoms. The van der Waals surface area contributed by atoms with Crippen molar-refractivity contribution in [3.05, 3.63) is 58.3 Å². The predicted molar refractivity (Wildman–Crippen MR) is 66.2 cm³/mol. The fourth-order valence-electron chi connectivity index (χ4n) is 1.32. The number of benzene rings is 1. The van der Waals surface area contributed by atoms with Crippen LogP contribution in [0.25, 0.3) is 0 Å². The van der Waals surface area contributed by atoms with Crippen molar-refractivity contribution in [1.29, 1.82) is 0 Å². The lowest BCUT2D eigenvalue weighted by molar-refractivity contribution is 0.102. The van der Waals surface area contributed by atoms with Crippen LogP contribution in [0.2, 0.25) is 0 Å². The van der Waals surface area contributed by atoms with Crippen LogP contribution < -0.4 is 5.32 Å². The molecule has 1 aromatic heterocycles. The van der Waals surface area contributed by atoms with Crippen LogP contribution in [0, 0.1) is 11.6 Å². The zero-order valence-electron chi connectivity index (χ0n) is 8.95. The molecule has 0 unspecified atom stereocenters. The van der Waals surface area contributed by atoms with Gasteiger partial charge in [-0.15, -0.1) is 0 Å². The molecule has 0 saturated heterocycles. The number of amides is 1. The minimum atomic E-state index is -0.717. The molecule has 0 saturated carbocycles. The number of carbonyl (C=O) groups is 1. The van der Waals surface area contributed by atoms with E-state index in [1.165, 1.54) is 24.5 Å². The van der Waals surface area contributed by atoms with E-state index in [-0.39, 0.29) is 10.2 Å². The summed E-state index contributed by atoms with van der Waals surface area (Å²) >= 11 is 2.86. The standard InChI is InChI=1S/C12H7BrF2N2O/c13-8-5-10(15)11(6-9(8)14)17-12(18)7-1-3-16-4-2-7/h1-6H,(H,17,18). The number of hydrogen-bond donors (Lipinski definition) is 1. The van der Waals surface area contributed by atoms with Crippen molar-refractivity contribution in [1.82, 2.24) is 4.98 Å². The molecule has 0 aliphatic heterocycles. The van der Waals surface area contributed by atoms with E-state index in [2.05, 4.69) is 26.2 Å². The Morgan fingerprint density at radius 2 is 1.83 bits per heavy atom. The molecule has 2 rings (SSSR count). The first kappa shape index (κ1) is 12.6. The van der Waals surface area contributed by atoms with Crippen LogP contribution in [0.15, 0.2) is 41.1 Å². The van der Waals surface area contributed by atoms with Crippen molar-refractivity contribution in [3.8, 4) is 0 Å². The summed E-state index contributed by atoms with van der Waals surface area (Å²) < 4.78 is 26.7. The summed E-state index contributed by atoms with van der Waals surface area (Å²) in [4.78, 5) is 15.5. The van der Waals surface area contributed by atoms with Crippen LogP contribution in [0.3, 0.4) is 0 Å². The van der Waals surface area contributed by atoms with Crippen LogP contribution >= 0.6 is 15.9 Å². The Bertz CT molecular complexity index is 590. The van der Waals surface area contributed by atoms with E-state index in [4.69, 9.17) is 0 Å². The van der Waals surface area contributed by atoms with E-state index in [9.17, 15) is 13.6 Å². The summed E-state index contributed by atoms with van der Waals surface area (Å²) in [5, 5.41) is 2.29. The van der Waals surface area contributed by atoms with Gasteiger partial charge in [0.15, 0.2) is 0 Å². The maximum atomic E-state index is 13.5. The lowest BCUT2D eigenvalue weighted by Crippen LogP contribution is -2.13. The summed E-state index contributed by atoms with van der Waals surface area (Å²) in [5.74, 6) is -1.90. The quantitative estimate of drug-likeness (QED) is 0.864. The lowest BCUT2D eigenvalue weighted by Gasteiger charge is -2.07. The van der Waals surface area contributed by atoms with E-state index in [0.29, 0.717) is 5.56 Å². The highest BCUT2D eigenvalue weighted by Gasteiger charge is 2.12. The average Bonchev–Trinajstić information content (AvgIpc) is 2.37. The Hall–Kier alpha value is -1.82. The van der Waals surface area contributed by atoms with Crippen molar-refractivity contribution in [2.75, 3.05) is 5.32 Å². The second-order valence-electron chi connectivity index (χ2n) is 3.44. The maximum Gasteiger partial charge on any atom is 0.255 e. The van der Waals surface area contributed by atoms with E-state index >= 15 is 0 Å². The van der Waals surface area contributed by atoms with Crippen molar-refractivity contribution in [2.24, 2.45) is 0 Å². The van der Waals surface area contributed by atoms with Gasteiger partial charge in [0.05, 0.1) is 10.2 Å². The fourth-order valence-corrected chi connectivity index (χ4v) is 1.63. The third kappa shape index (κ3) is 2.70. The normalized spacial score (nSPS) is 10.2. The maximum absolute atomic E-state index is 13.5. The molecular weight excluding hydrogens is 306 g/mol. The van der Waals surface area contributed by atoms with Crippen LogP contribution in [-0.4, -0.2) is 10.9 Å². The van der Waals surface area contributed by atoms with Crippen molar-refractivity contribution in [3.63, 3.8) is 0 Å². The molecule has 1 aromatic carbocycles. The number of anilines is 1. The average molecular weight is 313 g/mol. The SMILES string of the molecule is O=C(Nc1cc(F)c(Br)cc1F)c1ccncc1. The summed E-state index contributed by atoms with van der Waals surface area (Å²) in [5.41, 5.74) is 0.102. The molecule has 0 aliphatic carbocycles. The van der Waals surface area contributed by atoms with Crippen LogP contribution in [0.1, 0.15) is 10.4 Å². The van der Waals surface area contributed by atoms with E-state index in [1.54, 1.807) is 0 Å². The molecule has 0 fully saturated rings.